The largest absolute Gasteiger partial charge is 0.427 e. The van der Waals surface area contributed by atoms with Gasteiger partial charge in [-0.05, 0) is 11.6 Å². The number of nitrogens with zero attached hydrogens (tertiary/aromatic N) is 1. The van der Waals surface area contributed by atoms with Gasteiger partial charge in [-0.3, -0.25) is 4.79 Å². The second kappa shape index (κ2) is 7.71. The van der Waals surface area contributed by atoms with Gasteiger partial charge in [0, 0.05) is 18.7 Å². The highest BCUT2D eigenvalue weighted by Gasteiger charge is 2.37. The molecule has 0 unspecified atom stereocenters. The van der Waals surface area contributed by atoms with E-state index in [1.54, 1.807) is 6.07 Å². The van der Waals surface area contributed by atoms with Crippen LogP contribution in [0.4, 0.5) is 17.6 Å². The van der Waals surface area contributed by atoms with Crippen molar-refractivity contribution in [1.82, 2.24) is 10.3 Å². The summed E-state index contributed by atoms with van der Waals surface area (Å²) in [4.78, 5) is 14.1. The Morgan fingerprint density at radius 3 is 2.61 bits per heavy atom. The van der Waals surface area contributed by atoms with E-state index in [0.717, 1.165) is 5.51 Å². The lowest BCUT2D eigenvalue weighted by molar-refractivity contribution is -0.134. The summed E-state index contributed by atoms with van der Waals surface area (Å²) in [6, 6.07) is 4.21. The Morgan fingerprint density at radius 2 is 2.04 bits per heavy atom. The maximum absolute atomic E-state index is 13.7. The van der Waals surface area contributed by atoms with E-state index in [0.29, 0.717) is 16.9 Å². The number of amides is 1. The van der Waals surface area contributed by atoms with Crippen LogP contribution in [0.5, 0.6) is 0 Å². The van der Waals surface area contributed by atoms with Crippen molar-refractivity contribution >= 4 is 29.7 Å². The SMILES string of the molecule is Cl.NCc1ccc(CNC(=O)c2ncsc2C(F)(F)F)c(F)c1. The zero-order chi connectivity index (χ0) is 16.3. The molecule has 0 spiro atoms. The van der Waals surface area contributed by atoms with E-state index in [2.05, 4.69) is 10.3 Å². The van der Waals surface area contributed by atoms with Crippen LogP contribution < -0.4 is 11.1 Å². The van der Waals surface area contributed by atoms with Gasteiger partial charge in [-0.15, -0.1) is 23.7 Å². The van der Waals surface area contributed by atoms with Crippen LogP contribution in [0.2, 0.25) is 0 Å². The predicted octanol–water partition coefficient (Wildman–Crippen LogP) is 3.11. The van der Waals surface area contributed by atoms with E-state index in [1.165, 1.54) is 12.1 Å². The number of nitrogens with one attached hydrogen (secondary N) is 1. The van der Waals surface area contributed by atoms with E-state index < -0.39 is 28.5 Å². The van der Waals surface area contributed by atoms with Gasteiger partial charge in [0.25, 0.3) is 5.91 Å². The summed E-state index contributed by atoms with van der Waals surface area (Å²) in [5.41, 5.74) is 6.31. The van der Waals surface area contributed by atoms with Gasteiger partial charge in [-0.2, -0.15) is 13.2 Å². The fraction of sp³-hybridized carbons (Fsp3) is 0.231. The molecule has 1 aromatic heterocycles. The second-order valence-electron chi connectivity index (χ2n) is 4.34. The molecule has 0 aliphatic heterocycles. The molecule has 0 atom stereocenters. The fourth-order valence-electron chi connectivity index (χ4n) is 1.73. The van der Waals surface area contributed by atoms with Crippen LogP contribution in [0, 0.1) is 5.82 Å². The molecular weight excluding hydrogens is 358 g/mol. The first-order valence-electron chi connectivity index (χ1n) is 6.09. The summed E-state index contributed by atoms with van der Waals surface area (Å²) in [6.45, 7) is -0.0817. The number of rotatable bonds is 4. The van der Waals surface area contributed by atoms with E-state index in [1.807, 2.05) is 0 Å². The van der Waals surface area contributed by atoms with Crippen LogP contribution in [0.25, 0.3) is 0 Å². The first kappa shape index (κ1) is 19.3. The van der Waals surface area contributed by atoms with Crippen molar-refractivity contribution in [3.05, 3.63) is 51.2 Å². The van der Waals surface area contributed by atoms with Crippen LogP contribution in [0.3, 0.4) is 0 Å². The Hall–Kier alpha value is -1.71. The highest BCUT2D eigenvalue weighted by Crippen LogP contribution is 2.34. The number of aromatic nitrogens is 1. The maximum Gasteiger partial charge on any atom is 0.427 e. The Labute approximate surface area is 139 Å². The topological polar surface area (TPSA) is 68.0 Å². The number of hydrogen-bond donors (Lipinski definition) is 2. The second-order valence-corrected chi connectivity index (χ2v) is 5.20. The monoisotopic (exact) mass is 369 g/mol. The summed E-state index contributed by atoms with van der Waals surface area (Å²) < 4.78 is 51.7. The number of carbonyl (C=O) groups is 1. The molecule has 0 bridgehead atoms. The summed E-state index contributed by atoms with van der Waals surface area (Å²) in [5.74, 6) is -1.59. The summed E-state index contributed by atoms with van der Waals surface area (Å²) in [6.07, 6.45) is -4.65. The molecular formula is C13H12ClF4N3OS. The fourth-order valence-corrected chi connectivity index (χ4v) is 2.38. The summed E-state index contributed by atoms with van der Waals surface area (Å²) in [7, 11) is 0. The highest BCUT2D eigenvalue weighted by atomic mass is 35.5. The molecule has 2 rings (SSSR count). The minimum absolute atomic E-state index is 0. The third kappa shape index (κ3) is 4.63. The van der Waals surface area contributed by atoms with Gasteiger partial charge in [0.2, 0.25) is 0 Å². The molecule has 3 N–H and O–H groups in total. The molecule has 0 aliphatic carbocycles. The molecule has 10 heteroatoms. The van der Waals surface area contributed by atoms with Gasteiger partial charge in [-0.1, -0.05) is 12.1 Å². The lowest BCUT2D eigenvalue weighted by atomic mass is 10.1. The molecule has 1 amide bonds. The van der Waals surface area contributed by atoms with Crippen LogP contribution in [0.15, 0.2) is 23.7 Å². The molecule has 126 valence electrons. The van der Waals surface area contributed by atoms with E-state index in [9.17, 15) is 22.4 Å². The first-order chi connectivity index (χ1) is 10.3. The van der Waals surface area contributed by atoms with Crippen molar-refractivity contribution in [2.45, 2.75) is 19.3 Å². The quantitative estimate of drug-likeness (QED) is 0.814. The molecule has 23 heavy (non-hydrogen) atoms. The molecule has 1 aromatic carbocycles. The number of carbonyl (C=O) groups excluding carboxylic acids is 1. The van der Waals surface area contributed by atoms with E-state index >= 15 is 0 Å². The van der Waals surface area contributed by atoms with Crippen molar-refractivity contribution in [1.29, 1.82) is 0 Å². The highest BCUT2D eigenvalue weighted by molar-refractivity contribution is 7.10. The summed E-state index contributed by atoms with van der Waals surface area (Å²) >= 11 is 0.330. The van der Waals surface area contributed by atoms with Crippen LogP contribution in [-0.4, -0.2) is 10.9 Å². The Bertz CT molecular complexity index is 690. The van der Waals surface area contributed by atoms with Crippen molar-refractivity contribution in [3.63, 3.8) is 0 Å². The third-order valence-corrected chi connectivity index (χ3v) is 3.70. The lowest BCUT2D eigenvalue weighted by Crippen LogP contribution is -2.26. The van der Waals surface area contributed by atoms with Crippen molar-refractivity contribution in [3.8, 4) is 0 Å². The van der Waals surface area contributed by atoms with Crippen molar-refractivity contribution in [2.75, 3.05) is 0 Å². The minimum atomic E-state index is -4.65. The number of alkyl halides is 3. The molecule has 0 aliphatic rings. The summed E-state index contributed by atoms with van der Waals surface area (Å²) in [5, 5.41) is 2.23. The standard InChI is InChI=1S/C13H11F4N3OS.ClH/c14-9-3-7(4-18)1-2-8(9)5-19-12(21)10-11(13(15,16)17)22-6-20-10;/h1-3,6H,4-5,18H2,(H,19,21);1H. The Kier molecular flexibility index (Phi) is 6.48. The molecule has 0 radical (unpaired) electrons. The predicted molar refractivity (Wildman–Crippen MR) is 79.8 cm³/mol. The number of halogens is 5. The van der Waals surface area contributed by atoms with Gasteiger partial charge in [0.1, 0.15) is 10.7 Å². The van der Waals surface area contributed by atoms with Gasteiger partial charge in [-0.25, -0.2) is 9.37 Å². The zero-order valence-corrected chi connectivity index (χ0v) is 13.1. The van der Waals surface area contributed by atoms with Crippen molar-refractivity contribution in [2.24, 2.45) is 5.73 Å². The lowest BCUT2D eigenvalue weighted by Gasteiger charge is -2.08. The smallest absolute Gasteiger partial charge is 0.346 e. The molecule has 1 heterocycles. The van der Waals surface area contributed by atoms with Gasteiger partial charge < -0.3 is 11.1 Å². The zero-order valence-electron chi connectivity index (χ0n) is 11.5. The molecule has 4 nitrogen and oxygen atoms in total. The van der Waals surface area contributed by atoms with Gasteiger partial charge in [0.05, 0.1) is 5.51 Å². The van der Waals surface area contributed by atoms with Gasteiger partial charge >= 0.3 is 6.18 Å². The number of hydrogen-bond acceptors (Lipinski definition) is 4. The molecule has 0 saturated carbocycles. The number of benzene rings is 1. The average Bonchev–Trinajstić information content (AvgIpc) is 2.95. The van der Waals surface area contributed by atoms with E-state index in [4.69, 9.17) is 5.73 Å². The van der Waals surface area contributed by atoms with E-state index in [-0.39, 0.29) is 31.1 Å². The minimum Gasteiger partial charge on any atom is -0.346 e. The Balaban J connectivity index is 0.00000264. The number of thiazole rings is 1. The number of nitrogens with two attached hydrogens (primary N) is 1. The normalized spacial score (nSPS) is 11.0. The van der Waals surface area contributed by atoms with Crippen LogP contribution >= 0.6 is 23.7 Å². The van der Waals surface area contributed by atoms with Gasteiger partial charge in [0.15, 0.2) is 5.69 Å². The van der Waals surface area contributed by atoms with Crippen molar-refractivity contribution < 1.29 is 22.4 Å². The molecule has 0 fully saturated rings. The molecule has 0 saturated heterocycles. The average molecular weight is 370 g/mol. The Morgan fingerprint density at radius 1 is 1.35 bits per heavy atom. The van der Waals surface area contributed by atoms with Crippen LogP contribution in [0.1, 0.15) is 26.5 Å². The third-order valence-electron chi connectivity index (χ3n) is 2.83. The first-order valence-corrected chi connectivity index (χ1v) is 6.97. The maximum atomic E-state index is 13.7. The molecule has 2 aromatic rings. The van der Waals surface area contributed by atoms with Crippen LogP contribution in [-0.2, 0) is 19.3 Å².